The average molecular weight is 491 g/mol. The minimum absolute atomic E-state index is 0.0455. The second-order valence-electron chi connectivity index (χ2n) is 9.51. The summed E-state index contributed by atoms with van der Waals surface area (Å²) in [6.07, 6.45) is -0.658. The van der Waals surface area contributed by atoms with Gasteiger partial charge in [-0.2, -0.15) is 4.98 Å². The number of aliphatic hydroxyl groups is 2. The normalized spacial score (nSPS) is 15.9. The third kappa shape index (κ3) is 9.68. The minimum atomic E-state index is -3.64. The SMILES string of the molecule is CC(C)CNC(=O)C(C(C)C)C(O)C(O)C(CC(C)C)NC(=O)c1coc(NS(C)(=O)=O)n1. The van der Waals surface area contributed by atoms with E-state index in [1.165, 1.54) is 0 Å². The van der Waals surface area contributed by atoms with Crippen molar-refractivity contribution in [2.24, 2.45) is 23.7 Å². The first-order chi connectivity index (χ1) is 15.1. The summed E-state index contributed by atoms with van der Waals surface area (Å²) >= 11 is 0. The van der Waals surface area contributed by atoms with E-state index < -0.39 is 40.1 Å². The molecule has 1 rings (SSSR count). The zero-order valence-corrected chi connectivity index (χ0v) is 21.1. The number of rotatable bonds is 13. The van der Waals surface area contributed by atoms with Crippen LogP contribution in [0, 0.1) is 23.7 Å². The summed E-state index contributed by atoms with van der Waals surface area (Å²) in [5.41, 5.74) is -0.202. The quantitative estimate of drug-likeness (QED) is 0.272. The number of sulfonamides is 1. The van der Waals surface area contributed by atoms with E-state index in [4.69, 9.17) is 4.42 Å². The van der Waals surface area contributed by atoms with Crippen LogP contribution in [0.3, 0.4) is 0 Å². The number of oxazole rings is 1. The number of nitrogens with zero attached hydrogens (tertiary/aromatic N) is 1. The van der Waals surface area contributed by atoms with Gasteiger partial charge in [0.05, 0.1) is 24.3 Å². The monoisotopic (exact) mass is 490 g/mol. The number of carbonyl (C=O) groups excluding carboxylic acids is 2. The summed E-state index contributed by atoms with van der Waals surface area (Å²) in [6, 6.07) is -1.26. The van der Waals surface area contributed by atoms with E-state index in [2.05, 4.69) is 15.6 Å². The number of hydrogen-bond donors (Lipinski definition) is 5. The van der Waals surface area contributed by atoms with Crippen molar-refractivity contribution in [3.05, 3.63) is 12.0 Å². The molecule has 0 aromatic carbocycles. The smallest absolute Gasteiger partial charge is 0.309 e. The van der Waals surface area contributed by atoms with Crippen LogP contribution in [0.1, 0.15) is 58.5 Å². The topological polar surface area (TPSA) is 171 Å². The second kappa shape index (κ2) is 12.3. The molecule has 0 aliphatic heterocycles. The number of amides is 2. The molecule has 0 bridgehead atoms. The molecule has 1 aromatic rings. The second-order valence-corrected chi connectivity index (χ2v) is 11.3. The third-order valence-electron chi connectivity index (χ3n) is 4.89. The number of carbonyl (C=O) groups is 2. The Labute approximate surface area is 195 Å². The summed E-state index contributed by atoms with van der Waals surface area (Å²) in [4.78, 5) is 29.2. The fourth-order valence-electron chi connectivity index (χ4n) is 3.34. The van der Waals surface area contributed by atoms with Crippen LogP contribution in [-0.4, -0.2) is 66.5 Å². The lowest BCUT2D eigenvalue weighted by Crippen LogP contribution is -2.54. The summed E-state index contributed by atoms with van der Waals surface area (Å²) in [7, 11) is -3.64. The Morgan fingerprint density at radius 2 is 1.67 bits per heavy atom. The van der Waals surface area contributed by atoms with Gasteiger partial charge in [-0.05, 0) is 24.2 Å². The van der Waals surface area contributed by atoms with Crippen LogP contribution in [0.4, 0.5) is 6.01 Å². The summed E-state index contributed by atoms with van der Waals surface area (Å²) in [5.74, 6) is -1.97. The summed E-state index contributed by atoms with van der Waals surface area (Å²) < 4.78 is 29.6. The molecular formula is C21H38N4O7S. The van der Waals surface area contributed by atoms with E-state index in [-0.39, 0.29) is 35.4 Å². The van der Waals surface area contributed by atoms with Gasteiger partial charge in [-0.3, -0.25) is 9.59 Å². The van der Waals surface area contributed by atoms with E-state index in [9.17, 15) is 28.2 Å². The van der Waals surface area contributed by atoms with Crippen molar-refractivity contribution < 1.29 is 32.6 Å². The number of aromatic nitrogens is 1. The average Bonchev–Trinajstić information content (AvgIpc) is 3.11. The van der Waals surface area contributed by atoms with Gasteiger partial charge < -0.3 is 25.3 Å². The maximum Gasteiger partial charge on any atom is 0.309 e. The standard InChI is InChI=1S/C21H38N4O7S/c1-11(2)8-14(23-19(28)15-10-32-21(24-15)25-33(7,30)31)17(26)18(27)16(13(5)6)20(29)22-9-12(3)4/h10-14,16-18,26-27H,8-9H2,1-7H3,(H,22,29)(H,23,28)(H,24,25). The van der Waals surface area contributed by atoms with Crippen molar-refractivity contribution in [3.63, 3.8) is 0 Å². The summed E-state index contributed by atoms with van der Waals surface area (Å²) in [6.45, 7) is 11.7. The molecule has 190 valence electrons. The maximum absolute atomic E-state index is 12.7. The van der Waals surface area contributed by atoms with Gasteiger partial charge in [0, 0.05) is 6.54 Å². The van der Waals surface area contributed by atoms with E-state index in [0.717, 1.165) is 12.5 Å². The molecule has 0 aliphatic rings. The molecule has 12 heteroatoms. The van der Waals surface area contributed by atoms with Crippen molar-refractivity contribution in [3.8, 4) is 0 Å². The lowest BCUT2D eigenvalue weighted by Gasteiger charge is -2.34. The molecule has 4 atom stereocenters. The molecule has 1 aromatic heterocycles. The van der Waals surface area contributed by atoms with Crippen LogP contribution in [0.15, 0.2) is 10.7 Å². The molecule has 2 amide bonds. The Kier molecular flexibility index (Phi) is 10.8. The molecule has 0 spiro atoms. The number of anilines is 1. The van der Waals surface area contributed by atoms with E-state index in [1.807, 2.05) is 32.4 Å². The van der Waals surface area contributed by atoms with Crippen LogP contribution in [0.25, 0.3) is 0 Å². The van der Waals surface area contributed by atoms with Crippen LogP contribution in [-0.2, 0) is 14.8 Å². The number of nitrogens with one attached hydrogen (secondary N) is 3. The van der Waals surface area contributed by atoms with Crippen molar-refractivity contribution in [1.29, 1.82) is 0 Å². The predicted molar refractivity (Wildman–Crippen MR) is 124 cm³/mol. The van der Waals surface area contributed by atoms with Crippen molar-refractivity contribution in [2.45, 2.75) is 66.2 Å². The van der Waals surface area contributed by atoms with Gasteiger partial charge in [0.1, 0.15) is 12.4 Å². The maximum atomic E-state index is 12.7. The van der Waals surface area contributed by atoms with Crippen molar-refractivity contribution >= 4 is 27.9 Å². The first-order valence-corrected chi connectivity index (χ1v) is 12.9. The van der Waals surface area contributed by atoms with E-state index in [0.29, 0.717) is 13.0 Å². The van der Waals surface area contributed by atoms with Gasteiger partial charge in [-0.1, -0.05) is 41.5 Å². The first kappa shape index (κ1) is 28.9. The number of hydrogen-bond acceptors (Lipinski definition) is 8. The Balaban J connectivity index is 3.03. The fourth-order valence-corrected chi connectivity index (χ4v) is 3.75. The molecule has 33 heavy (non-hydrogen) atoms. The summed E-state index contributed by atoms with van der Waals surface area (Å²) in [5, 5.41) is 27.3. The van der Waals surface area contributed by atoms with Crippen LogP contribution in [0.5, 0.6) is 0 Å². The molecular weight excluding hydrogens is 452 g/mol. The van der Waals surface area contributed by atoms with Crippen LogP contribution >= 0.6 is 0 Å². The lowest BCUT2D eigenvalue weighted by atomic mass is 9.83. The van der Waals surface area contributed by atoms with Gasteiger partial charge in [-0.15, -0.1) is 0 Å². The largest absolute Gasteiger partial charge is 0.431 e. The van der Waals surface area contributed by atoms with E-state index in [1.54, 1.807) is 13.8 Å². The van der Waals surface area contributed by atoms with Crippen molar-refractivity contribution in [1.82, 2.24) is 15.6 Å². The predicted octanol–water partition coefficient (Wildman–Crippen LogP) is 0.957. The van der Waals surface area contributed by atoms with Crippen LogP contribution < -0.4 is 15.4 Å². The Morgan fingerprint density at radius 3 is 2.15 bits per heavy atom. The highest BCUT2D eigenvalue weighted by Gasteiger charge is 2.39. The molecule has 4 unspecified atom stereocenters. The highest BCUT2D eigenvalue weighted by atomic mass is 32.2. The van der Waals surface area contributed by atoms with Gasteiger partial charge >= 0.3 is 6.01 Å². The lowest BCUT2D eigenvalue weighted by molar-refractivity contribution is -0.136. The van der Waals surface area contributed by atoms with E-state index >= 15 is 0 Å². The molecule has 0 fully saturated rings. The molecule has 1 heterocycles. The highest BCUT2D eigenvalue weighted by Crippen LogP contribution is 2.23. The minimum Gasteiger partial charge on any atom is -0.431 e. The molecule has 11 nitrogen and oxygen atoms in total. The van der Waals surface area contributed by atoms with Gasteiger partial charge in [-0.25, -0.2) is 13.1 Å². The van der Waals surface area contributed by atoms with Gasteiger partial charge in [0.2, 0.25) is 15.9 Å². The zero-order chi connectivity index (χ0) is 25.5. The van der Waals surface area contributed by atoms with Gasteiger partial charge in [0.25, 0.3) is 5.91 Å². The molecule has 5 N–H and O–H groups in total. The first-order valence-electron chi connectivity index (χ1n) is 11.0. The highest BCUT2D eigenvalue weighted by molar-refractivity contribution is 7.91. The molecule has 0 aliphatic carbocycles. The Morgan fingerprint density at radius 1 is 1.06 bits per heavy atom. The van der Waals surface area contributed by atoms with Crippen molar-refractivity contribution in [2.75, 3.05) is 17.5 Å². The molecule has 0 saturated carbocycles. The fraction of sp³-hybridized carbons (Fsp3) is 0.762. The Bertz CT molecular complexity index is 883. The number of aliphatic hydroxyl groups excluding tert-OH is 2. The Hall–Kier alpha value is -2.18. The zero-order valence-electron chi connectivity index (χ0n) is 20.3. The molecule has 0 saturated heterocycles. The third-order valence-corrected chi connectivity index (χ3v) is 5.43. The molecule has 0 radical (unpaired) electrons. The van der Waals surface area contributed by atoms with Gasteiger partial charge in [0.15, 0.2) is 5.69 Å². The van der Waals surface area contributed by atoms with Crippen LogP contribution in [0.2, 0.25) is 0 Å².